The van der Waals surface area contributed by atoms with Gasteiger partial charge in [0, 0.05) is 19.3 Å². The predicted molar refractivity (Wildman–Crippen MR) is 65.4 cm³/mol. The number of hydrogen-bond acceptors (Lipinski definition) is 5. The van der Waals surface area contributed by atoms with Crippen LogP contribution in [0.1, 0.15) is 25.5 Å². The van der Waals surface area contributed by atoms with Gasteiger partial charge in [0.25, 0.3) is 0 Å². The lowest BCUT2D eigenvalue weighted by Gasteiger charge is -2.34. The van der Waals surface area contributed by atoms with E-state index in [0.717, 1.165) is 19.6 Å². The van der Waals surface area contributed by atoms with Gasteiger partial charge in [-0.2, -0.15) is 5.26 Å². The third-order valence-corrected chi connectivity index (χ3v) is 3.13. The van der Waals surface area contributed by atoms with E-state index < -0.39 is 0 Å². The van der Waals surface area contributed by atoms with Gasteiger partial charge in [-0.25, -0.2) is 9.97 Å². The molecule has 90 valence electrons. The van der Waals surface area contributed by atoms with Crippen LogP contribution >= 0.6 is 0 Å². The molecule has 1 fully saturated rings. The normalized spacial score (nSPS) is 24.0. The maximum absolute atomic E-state index is 8.75. The molecule has 1 aromatic rings. The lowest BCUT2D eigenvalue weighted by Crippen LogP contribution is -2.42. The Bertz CT molecular complexity index is 417. The summed E-state index contributed by atoms with van der Waals surface area (Å²) in [5.41, 5.74) is 0.638. The topological polar surface area (TPSA) is 73.6 Å². The highest BCUT2D eigenvalue weighted by Crippen LogP contribution is 2.25. The molecular formula is C12H17N5. The summed E-state index contributed by atoms with van der Waals surface area (Å²) in [7, 11) is 0. The fraction of sp³-hybridized carbons (Fsp3) is 0.583. The Labute approximate surface area is 101 Å². The maximum atomic E-state index is 8.75. The van der Waals surface area contributed by atoms with Gasteiger partial charge in [0.1, 0.15) is 11.8 Å². The summed E-state index contributed by atoms with van der Waals surface area (Å²) in [5, 5.41) is 15.4. The lowest BCUT2D eigenvalue weighted by molar-refractivity contribution is 0.253. The van der Waals surface area contributed by atoms with Crippen LogP contribution in [-0.2, 0) is 0 Å². The summed E-state index contributed by atoms with van der Waals surface area (Å²) in [6, 6.07) is 3.62. The number of hydrogen-bond donors (Lipinski definition) is 2. The first-order chi connectivity index (χ1) is 8.22. The number of rotatable bonds is 3. The van der Waals surface area contributed by atoms with Crippen molar-refractivity contribution in [2.24, 2.45) is 5.41 Å². The standard InChI is InChI=1S/C12H17N5/c1-12(4-2-5-14-8-12)9-16-11-15-6-3-10(7-13)17-11/h3,6,14H,2,4-5,8-9H2,1H3,(H,15,16,17). The number of anilines is 1. The summed E-state index contributed by atoms with van der Waals surface area (Å²) in [5.74, 6) is 0.538. The van der Waals surface area contributed by atoms with Crippen LogP contribution in [0.2, 0.25) is 0 Å². The Morgan fingerprint density at radius 1 is 1.65 bits per heavy atom. The fourth-order valence-electron chi connectivity index (χ4n) is 2.07. The summed E-state index contributed by atoms with van der Waals surface area (Å²) >= 11 is 0. The Morgan fingerprint density at radius 3 is 3.24 bits per heavy atom. The average molecular weight is 231 g/mol. The van der Waals surface area contributed by atoms with Gasteiger partial charge in [-0.15, -0.1) is 0 Å². The second-order valence-corrected chi connectivity index (χ2v) is 4.82. The van der Waals surface area contributed by atoms with E-state index in [9.17, 15) is 0 Å². The van der Waals surface area contributed by atoms with E-state index in [0.29, 0.717) is 11.6 Å². The molecule has 17 heavy (non-hydrogen) atoms. The molecule has 1 unspecified atom stereocenters. The van der Waals surface area contributed by atoms with Crippen molar-refractivity contribution in [2.75, 3.05) is 25.0 Å². The first-order valence-electron chi connectivity index (χ1n) is 5.90. The van der Waals surface area contributed by atoms with Gasteiger partial charge in [0.2, 0.25) is 5.95 Å². The van der Waals surface area contributed by atoms with E-state index in [4.69, 9.17) is 5.26 Å². The van der Waals surface area contributed by atoms with E-state index in [2.05, 4.69) is 27.5 Å². The van der Waals surface area contributed by atoms with Crippen molar-refractivity contribution in [1.29, 1.82) is 5.26 Å². The van der Waals surface area contributed by atoms with Gasteiger partial charge in [-0.05, 0) is 30.9 Å². The highest BCUT2D eigenvalue weighted by atomic mass is 15.1. The molecule has 0 saturated carbocycles. The van der Waals surface area contributed by atoms with Gasteiger partial charge >= 0.3 is 0 Å². The maximum Gasteiger partial charge on any atom is 0.223 e. The quantitative estimate of drug-likeness (QED) is 0.816. The van der Waals surface area contributed by atoms with Crippen LogP contribution in [-0.4, -0.2) is 29.6 Å². The van der Waals surface area contributed by atoms with Crippen LogP contribution in [0.15, 0.2) is 12.3 Å². The smallest absolute Gasteiger partial charge is 0.223 e. The number of piperidine rings is 1. The zero-order chi connectivity index (χ0) is 12.1. The summed E-state index contributed by atoms with van der Waals surface area (Å²) in [4.78, 5) is 8.21. The molecule has 2 heterocycles. The van der Waals surface area contributed by atoms with E-state index in [1.807, 2.05) is 6.07 Å². The molecule has 0 spiro atoms. The number of nitrogens with zero attached hydrogens (tertiary/aromatic N) is 3. The van der Waals surface area contributed by atoms with Gasteiger partial charge in [0.15, 0.2) is 0 Å². The monoisotopic (exact) mass is 231 g/mol. The molecule has 0 bridgehead atoms. The molecule has 0 aliphatic carbocycles. The van der Waals surface area contributed by atoms with E-state index >= 15 is 0 Å². The molecule has 1 saturated heterocycles. The summed E-state index contributed by atoms with van der Waals surface area (Å²) < 4.78 is 0. The molecule has 0 radical (unpaired) electrons. The van der Waals surface area contributed by atoms with Gasteiger partial charge in [-0.1, -0.05) is 6.92 Å². The molecule has 1 atom stereocenters. The van der Waals surface area contributed by atoms with E-state index in [1.165, 1.54) is 12.8 Å². The molecule has 2 rings (SSSR count). The predicted octanol–water partition coefficient (Wildman–Crippen LogP) is 1.15. The van der Waals surface area contributed by atoms with Crippen LogP contribution in [0, 0.1) is 16.7 Å². The van der Waals surface area contributed by atoms with Crippen LogP contribution in [0.5, 0.6) is 0 Å². The number of nitriles is 1. The van der Waals surface area contributed by atoms with Crippen molar-refractivity contribution in [1.82, 2.24) is 15.3 Å². The minimum Gasteiger partial charge on any atom is -0.354 e. The fourth-order valence-corrected chi connectivity index (χ4v) is 2.07. The third kappa shape index (κ3) is 3.14. The molecule has 2 N–H and O–H groups in total. The zero-order valence-electron chi connectivity index (χ0n) is 10.0. The second-order valence-electron chi connectivity index (χ2n) is 4.82. The van der Waals surface area contributed by atoms with Crippen molar-refractivity contribution in [3.63, 3.8) is 0 Å². The Balaban J connectivity index is 1.95. The van der Waals surface area contributed by atoms with Gasteiger partial charge in [-0.3, -0.25) is 0 Å². The van der Waals surface area contributed by atoms with Gasteiger partial charge in [0.05, 0.1) is 0 Å². The van der Waals surface area contributed by atoms with Crippen molar-refractivity contribution in [3.05, 3.63) is 18.0 Å². The third-order valence-electron chi connectivity index (χ3n) is 3.13. The Kier molecular flexibility index (Phi) is 3.55. The SMILES string of the molecule is CC1(CNc2nccc(C#N)n2)CCCNC1. The zero-order valence-corrected chi connectivity index (χ0v) is 10.0. The Morgan fingerprint density at radius 2 is 2.53 bits per heavy atom. The van der Waals surface area contributed by atoms with E-state index in [-0.39, 0.29) is 5.41 Å². The molecule has 1 aliphatic rings. The van der Waals surface area contributed by atoms with Crippen LogP contribution < -0.4 is 10.6 Å². The average Bonchev–Trinajstić information content (AvgIpc) is 2.38. The van der Waals surface area contributed by atoms with Crippen molar-refractivity contribution < 1.29 is 0 Å². The molecule has 0 aromatic carbocycles. The van der Waals surface area contributed by atoms with Crippen molar-refractivity contribution in [3.8, 4) is 6.07 Å². The molecule has 0 amide bonds. The summed E-state index contributed by atoms with van der Waals surface area (Å²) in [6.45, 7) is 5.20. The highest BCUT2D eigenvalue weighted by Gasteiger charge is 2.26. The molecular weight excluding hydrogens is 214 g/mol. The van der Waals surface area contributed by atoms with Crippen molar-refractivity contribution >= 4 is 5.95 Å². The molecule has 5 nitrogen and oxygen atoms in total. The minimum absolute atomic E-state index is 0.240. The van der Waals surface area contributed by atoms with Crippen LogP contribution in [0.4, 0.5) is 5.95 Å². The molecule has 1 aromatic heterocycles. The first-order valence-corrected chi connectivity index (χ1v) is 5.90. The number of nitrogens with one attached hydrogen (secondary N) is 2. The minimum atomic E-state index is 0.240. The number of aromatic nitrogens is 2. The molecule has 5 heteroatoms. The van der Waals surface area contributed by atoms with Crippen LogP contribution in [0.3, 0.4) is 0 Å². The highest BCUT2D eigenvalue weighted by molar-refractivity contribution is 5.30. The lowest BCUT2D eigenvalue weighted by atomic mass is 9.83. The van der Waals surface area contributed by atoms with Crippen molar-refractivity contribution in [2.45, 2.75) is 19.8 Å². The largest absolute Gasteiger partial charge is 0.354 e. The summed E-state index contributed by atoms with van der Waals surface area (Å²) in [6.07, 6.45) is 4.01. The van der Waals surface area contributed by atoms with Gasteiger partial charge < -0.3 is 10.6 Å². The molecule has 1 aliphatic heterocycles. The Hall–Kier alpha value is -1.67. The van der Waals surface area contributed by atoms with Crippen LogP contribution in [0.25, 0.3) is 0 Å². The van der Waals surface area contributed by atoms with E-state index in [1.54, 1.807) is 12.3 Å². The first kappa shape index (κ1) is 11.8. The second kappa shape index (κ2) is 5.11.